The molecule has 98 valence electrons. The number of nitriles is 1. The van der Waals surface area contributed by atoms with E-state index < -0.39 is 23.3 Å². The highest BCUT2D eigenvalue weighted by atomic mass is 16.2. The summed E-state index contributed by atoms with van der Waals surface area (Å²) in [4.78, 5) is 35.9. The van der Waals surface area contributed by atoms with Gasteiger partial charge in [0.2, 0.25) is 17.7 Å². The second-order valence-corrected chi connectivity index (χ2v) is 4.52. The average Bonchev–Trinajstić information content (AvgIpc) is 2.31. The Balaban J connectivity index is 2.59. The Morgan fingerprint density at radius 1 is 1.56 bits per heavy atom. The number of nitrogens with one attached hydrogen (secondary N) is 2. The molecule has 1 aliphatic rings. The number of imide groups is 1. The zero-order chi connectivity index (χ0) is 13.8. The molecule has 0 aromatic carbocycles. The van der Waals surface area contributed by atoms with Crippen LogP contribution in [0.15, 0.2) is 0 Å². The topological polar surface area (TPSA) is 102 Å². The summed E-state index contributed by atoms with van der Waals surface area (Å²) >= 11 is 0. The normalized spacial score (nSPS) is 18.4. The van der Waals surface area contributed by atoms with Crippen molar-refractivity contribution in [2.75, 3.05) is 19.6 Å². The Labute approximate surface area is 105 Å². The first-order chi connectivity index (χ1) is 8.38. The van der Waals surface area contributed by atoms with Crippen molar-refractivity contribution in [2.45, 2.75) is 25.8 Å². The number of amides is 3. The highest BCUT2D eigenvalue weighted by molar-refractivity contribution is 6.05. The van der Waals surface area contributed by atoms with E-state index in [-0.39, 0.29) is 26.1 Å². The molecule has 0 atom stereocenters. The van der Waals surface area contributed by atoms with E-state index in [1.807, 2.05) is 6.07 Å². The fourth-order valence-corrected chi connectivity index (χ4v) is 1.54. The van der Waals surface area contributed by atoms with E-state index >= 15 is 0 Å². The third-order valence-electron chi connectivity index (χ3n) is 2.62. The minimum absolute atomic E-state index is 0.0320. The van der Waals surface area contributed by atoms with Gasteiger partial charge in [-0.1, -0.05) is 0 Å². The van der Waals surface area contributed by atoms with Crippen LogP contribution in [0.4, 0.5) is 0 Å². The van der Waals surface area contributed by atoms with Gasteiger partial charge in [-0.05, 0) is 13.8 Å². The Morgan fingerprint density at radius 2 is 2.22 bits per heavy atom. The smallest absolute Gasteiger partial charge is 0.249 e. The van der Waals surface area contributed by atoms with Gasteiger partial charge in [0.15, 0.2) is 0 Å². The Morgan fingerprint density at radius 3 is 2.83 bits per heavy atom. The minimum Gasteiger partial charge on any atom is -0.354 e. The van der Waals surface area contributed by atoms with Crippen LogP contribution in [0, 0.1) is 11.3 Å². The molecule has 2 N–H and O–H groups in total. The molecule has 18 heavy (non-hydrogen) atoms. The van der Waals surface area contributed by atoms with Crippen LogP contribution in [0.25, 0.3) is 0 Å². The Kier molecular flexibility index (Phi) is 4.39. The van der Waals surface area contributed by atoms with Crippen molar-refractivity contribution >= 4 is 17.7 Å². The molecule has 0 aliphatic carbocycles. The van der Waals surface area contributed by atoms with Crippen molar-refractivity contribution in [3.05, 3.63) is 0 Å². The fraction of sp³-hybridized carbons (Fsp3) is 0.636. The van der Waals surface area contributed by atoms with Crippen molar-refractivity contribution in [1.82, 2.24) is 15.5 Å². The zero-order valence-corrected chi connectivity index (χ0v) is 10.4. The number of piperazine rings is 1. The van der Waals surface area contributed by atoms with E-state index in [0.717, 1.165) is 4.90 Å². The van der Waals surface area contributed by atoms with Crippen LogP contribution in [0.5, 0.6) is 0 Å². The zero-order valence-electron chi connectivity index (χ0n) is 10.4. The van der Waals surface area contributed by atoms with Gasteiger partial charge in [-0.2, -0.15) is 5.26 Å². The van der Waals surface area contributed by atoms with Crippen molar-refractivity contribution in [2.24, 2.45) is 0 Å². The Hall–Kier alpha value is -1.94. The van der Waals surface area contributed by atoms with Crippen molar-refractivity contribution in [3.8, 4) is 6.07 Å². The third-order valence-corrected chi connectivity index (χ3v) is 2.62. The van der Waals surface area contributed by atoms with Gasteiger partial charge in [0.1, 0.15) is 6.54 Å². The maximum Gasteiger partial charge on any atom is 0.249 e. The molecule has 0 aromatic rings. The van der Waals surface area contributed by atoms with E-state index in [2.05, 4.69) is 10.6 Å². The standard InChI is InChI=1S/C11H16N4O3/c1-11(2)10(18)15(9(17)6-14-11)7-8(16)13-5-3-4-12/h14H,3,5-7H2,1-2H3,(H,13,16). The molecule has 0 bridgehead atoms. The highest BCUT2D eigenvalue weighted by Crippen LogP contribution is 2.12. The number of carbonyl (C=O) groups is 3. The maximum absolute atomic E-state index is 11.9. The van der Waals surface area contributed by atoms with Gasteiger partial charge < -0.3 is 5.32 Å². The summed E-state index contributed by atoms with van der Waals surface area (Å²) in [5, 5.41) is 13.6. The Bertz CT molecular complexity index is 411. The molecule has 0 radical (unpaired) electrons. The molecule has 1 saturated heterocycles. The molecule has 3 amide bonds. The predicted octanol–water partition coefficient (Wildman–Crippen LogP) is -1.25. The molecule has 1 fully saturated rings. The minimum atomic E-state index is -0.846. The molecule has 7 heteroatoms. The molecule has 0 saturated carbocycles. The molecule has 0 unspecified atom stereocenters. The monoisotopic (exact) mass is 252 g/mol. The molecule has 1 rings (SSSR count). The maximum atomic E-state index is 11.9. The van der Waals surface area contributed by atoms with E-state index in [9.17, 15) is 14.4 Å². The molecule has 1 aliphatic heterocycles. The van der Waals surface area contributed by atoms with Gasteiger partial charge >= 0.3 is 0 Å². The summed E-state index contributed by atoms with van der Waals surface area (Å²) in [7, 11) is 0. The molecule has 0 aromatic heterocycles. The van der Waals surface area contributed by atoms with Crippen molar-refractivity contribution < 1.29 is 14.4 Å². The summed E-state index contributed by atoms with van der Waals surface area (Å²) in [6, 6.07) is 1.89. The second kappa shape index (κ2) is 5.60. The lowest BCUT2D eigenvalue weighted by molar-refractivity contribution is -0.154. The average molecular weight is 252 g/mol. The predicted molar refractivity (Wildman–Crippen MR) is 62.0 cm³/mol. The molecule has 7 nitrogen and oxygen atoms in total. The molecular formula is C11H16N4O3. The summed E-state index contributed by atoms with van der Waals surface area (Å²) in [5.74, 6) is -1.28. The lowest BCUT2D eigenvalue weighted by Crippen LogP contribution is -2.64. The number of nitrogens with zero attached hydrogens (tertiary/aromatic N) is 2. The first-order valence-corrected chi connectivity index (χ1v) is 5.62. The van der Waals surface area contributed by atoms with Crippen LogP contribution in [-0.4, -0.2) is 47.8 Å². The fourth-order valence-electron chi connectivity index (χ4n) is 1.54. The number of hydrogen-bond acceptors (Lipinski definition) is 5. The van der Waals surface area contributed by atoms with Crippen LogP contribution >= 0.6 is 0 Å². The highest BCUT2D eigenvalue weighted by Gasteiger charge is 2.40. The molecule has 0 spiro atoms. The van der Waals surface area contributed by atoms with Crippen LogP contribution < -0.4 is 10.6 Å². The van der Waals surface area contributed by atoms with Gasteiger partial charge in [0, 0.05) is 6.54 Å². The van der Waals surface area contributed by atoms with Gasteiger partial charge in [-0.25, -0.2) is 0 Å². The van der Waals surface area contributed by atoms with E-state index in [4.69, 9.17) is 5.26 Å². The van der Waals surface area contributed by atoms with Gasteiger partial charge in [-0.3, -0.25) is 24.6 Å². The quantitative estimate of drug-likeness (QED) is 0.481. The van der Waals surface area contributed by atoms with Crippen molar-refractivity contribution in [3.63, 3.8) is 0 Å². The van der Waals surface area contributed by atoms with E-state index in [0.29, 0.717) is 0 Å². The summed E-state index contributed by atoms with van der Waals surface area (Å²) < 4.78 is 0. The number of hydrogen-bond donors (Lipinski definition) is 2. The summed E-state index contributed by atoms with van der Waals surface area (Å²) in [5.41, 5.74) is -0.846. The lowest BCUT2D eigenvalue weighted by atomic mass is 10.0. The summed E-state index contributed by atoms with van der Waals surface area (Å²) in [6.45, 7) is 3.26. The van der Waals surface area contributed by atoms with E-state index in [1.165, 1.54) is 0 Å². The van der Waals surface area contributed by atoms with Crippen molar-refractivity contribution in [1.29, 1.82) is 5.26 Å². The number of rotatable bonds is 4. The molecule has 1 heterocycles. The molecular weight excluding hydrogens is 236 g/mol. The van der Waals surface area contributed by atoms with E-state index in [1.54, 1.807) is 13.8 Å². The van der Waals surface area contributed by atoms with Crippen LogP contribution in [0.1, 0.15) is 20.3 Å². The largest absolute Gasteiger partial charge is 0.354 e. The van der Waals surface area contributed by atoms with Gasteiger partial charge in [0.25, 0.3) is 0 Å². The third kappa shape index (κ3) is 3.28. The van der Waals surface area contributed by atoms with Gasteiger partial charge in [0.05, 0.1) is 24.6 Å². The van der Waals surface area contributed by atoms with Crippen LogP contribution in [-0.2, 0) is 14.4 Å². The summed E-state index contributed by atoms with van der Waals surface area (Å²) in [6.07, 6.45) is 0.195. The van der Waals surface area contributed by atoms with Crippen LogP contribution in [0.2, 0.25) is 0 Å². The SMILES string of the molecule is CC1(C)NCC(=O)N(CC(=O)NCCC#N)C1=O. The second-order valence-electron chi connectivity index (χ2n) is 4.52. The first-order valence-electron chi connectivity index (χ1n) is 5.62. The number of carbonyl (C=O) groups excluding carboxylic acids is 3. The van der Waals surface area contributed by atoms with Gasteiger partial charge in [-0.15, -0.1) is 0 Å². The lowest BCUT2D eigenvalue weighted by Gasteiger charge is -2.36. The van der Waals surface area contributed by atoms with Crippen LogP contribution in [0.3, 0.4) is 0 Å². The first kappa shape index (κ1) is 14.1.